The Bertz CT molecular complexity index is 597. The van der Waals surface area contributed by atoms with E-state index >= 15 is 0 Å². The van der Waals surface area contributed by atoms with E-state index in [2.05, 4.69) is 48.4 Å². The third-order valence-corrected chi connectivity index (χ3v) is 2.86. The fourth-order valence-corrected chi connectivity index (χ4v) is 1.80. The topological polar surface area (TPSA) is 48.7 Å². The van der Waals surface area contributed by atoms with Crippen LogP contribution in [-0.2, 0) is 6.54 Å². The average Bonchev–Trinajstić information content (AvgIpc) is 2.40. The fourth-order valence-electron chi connectivity index (χ4n) is 1.80. The van der Waals surface area contributed by atoms with Crippen LogP contribution in [0.4, 0.5) is 5.69 Å². The highest BCUT2D eigenvalue weighted by atomic mass is 14.9. The van der Waals surface area contributed by atoms with E-state index in [1.165, 1.54) is 11.1 Å². The number of nitrogens with one attached hydrogen (secondary N) is 1. The predicted octanol–water partition coefficient (Wildman–Crippen LogP) is 3.18. The van der Waals surface area contributed by atoms with Gasteiger partial charge < -0.3 is 5.32 Å². The van der Waals surface area contributed by atoms with Crippen LogP contribution in [0.1, 0.15) is 22.4 Å². The number of hydrogen-bond donors (Lipinski definition) is 1. The van der Waals surface area contributed by atoms with Gasteiger partial charge in [-0.15, -0.1) is 0 Å². The standard InChI is InChI=1S/C15H15N3/c1-11-5-6-12(2)14(8-11)18-10-13-4-3-7-17-15(13)9-16/h3-8,18H,10H2,1-2H3. The zero-order valence-corrected chi connectivity index (χ0v) is 10.6. The minimum absolute atomic E-state index is 0.482. The molecule has 0 aliphatic heterocycles. The lowest BCUT2D eigenvalue weighted by atomic mass is 10.1. The molecule has 0 atom stereocenters. The summed E-state index contributed by atoms with van der Waals surface area (Å²) in [5, 5.41) is 12.3. The molecule has 0 fully saturated rings. The van der Waals surface area contributed by atoms with Gasteiger partial charge in [0.05, 0.1) is 0 Å². The van der Waals surface area contributed by atoms with Crippen LogP contribution >= 0.6 is 0 Å². The minimum Gasteiger partial charge on any atom is -0.381 e. The molecule has 0 amide bonds. The van der Waals surface area contributed by atoms with E-state index < -0.39 is 0 Å². The molecule has 0 unspecified atom stereocenters. The zero-order chi connectivity index (χ0) is 13.0. The molecule has 0 saturated heterocycles. The van der Waals surface area contributed by atoms with Gasteiger partial charge in [-0.3, -0.25) is 0 Å². The van der Waals surface area contributed by atoms with Crippen LogP contribution in [0.15, 0.2) is 36.5 Å². The molecule has 2 rings (SSSR count). The normalized spacial score (nSPS) is 9.83. The first-order valence-corrected chi connectivity index (χ1v) is 5.86. The van der Waals surface area contributed by atoms with Crippen molar-refractivity contribution in [1.29, 1.82) is 5.26 Å². The zero-order valence-electron chi connectivity index (χ0n) is 10.6. The van der Waals surface area contributed by atoms with E-state index in [4.69, 9.17) is 5.26 Å². The van der Waals surface area contributed by atoms with E-state index in [1.807, 2.05) is 12.1 Å². The smallest absolute Gasteiger partial charge is 0.145 e. The van der Waals surface area contributed by atoms with Gasteiger partial charge >= 0.3 is 0 Å². The Morgan fingerprint density at radius 1 is 1.28 bits per heavy atom. The van der Waals surface area contributed by atoms with Crippen LogP contribution < -0.4 is 5.32 Å². The Morgan fingerprint density at radius 2 is 2.11 bits per heavy atom. The second kappa shape index (κ2) is 5.33. The second-order valence-electron chi connectivity index (χ2n) is 4.29. The number of nitriles is 1. The van der Waals surface area contributed by atoms with Crippen LogP contribution in [0.2, 0.25) is 0 Å². The van der Waals surface area contributed by atoms with Gasteiger partial charge in [-0.05, 0) is 37.1 Å². The molecular formula is C15H15N3. The maximum atomic E-state index is 8.97. The third-order valence-electron chi connectivity index (χ3n) is 2.86. The van der Waals surface area contributed by atoms with Crippen molar-refractivity contribution in [3.05, 3.63) is 58.9 Å². The highest BCUT2D eigenvalue weighted by molar-refractivity contribution is 5.53. The van der Waals surface area contributed by atoms with Crippen molar-refractivity contribution in [2.24, 2.45) is 0 Å². The average molecular weight is 237 g/mol. The molecular weight excluding hydrogens is 222 g/mol. The number of aromatic nitrogens is 1. The van der Waals surface area contributed by atoms with Gasteiger partial charge in [0.25, 0.3) is 0 Å². The Kier molecular flexibility index (Phi) is 3.59. The maximum Gasteiger partial charge on any atom is 0.145 e. The summed E-state index contributed by atoms with van der Waals surface area (Å²) in [5.74, 6) is 0. The summed E-state index contributed by atoms with van der Waals surface area (Å²) >= 11 is 0. The first-order valence-electron chi connectivity index (χ1n) is 5.86. The summed E-state index contributed by atoms with van der Waals surface area (Å²) in [7, 11) is 0. The van der Waals surface area contributed by atoms with E-state index in [9.17, 15) is 0 Å². The van der Waals surface area contributed by atoms with Crippen LogP contribution in [0.5, 0.6) is 0 Å². The van der Waals surface area contributed by atoms with E-state index in [0.717, 1.165) is 11.3 Å². The van der Waals surface area contributed by atoms with Crippen LogP contribution in [-0.4, -0.2) is 4.98 Å². The summed E-state index contributed by atoms with van der Waals surface area (Å²) in [5.41, 5.74) is 4.91. The Hall–Kier alpha value is -2.34. The van der Waals surface area contributed by atoms with Gasteiger partial charge in [0.15, 0.2) is 0 Å². The van der Waals surface area contributed by atoms with Crippen molar-refractivity contribution in [2.75, 3.05) is 5.32 Å². The summed E-state index contributed by atoms with van der Waals surface area (Å²) in [4.78, 5) is 4.05. The first kappa shape index (κ1) is 12.1. The highest BCUT2D eigenvalue weighted by Gasteiger charge is 2.03. The van der Waals surface area contributed by atoms with Crippen molar-refractivity contribution < 1.29 is 0 Å². The van der Waals surface area contributed by atoms with E-state index in [1.54, 1.807) is 6.20 Å². The lowest BCUT2D eigenvalue weighted by molar-refractivity contribution is 1.08. The molecule has 2 aromatic rings. The largest absolute Gasteiger partial charge is 0.381 e. The molecule has 1 heterocycles. The molecule has 90 valence electrons. The van der Waals surface area contributed by atoms with Crippen molar-refractivity contribution >= 4 is 5.69 Å². The summed E-state index contributed by atoms with van der Waals surface area (Å²) in [6.07, 6.45) is 1.64. The minimum atomic E-state index is 0.482. The molecule has 3 nitrogen and oxygen atoms in total. The molecule has 1 aromatic heterocycles. The van der Waals surface area contributed by atoms with Crippen molar-refractivity contribution in [1.82, 2.24) is 4.98 Å². The molecule has 0 aliphatic rings. The molecule has 0 aliphatic carbocycles. The van der Waals surface area contributed by atoms with Gasteiger partial charge in [-0.1, -0.05) is 18.2 Å². The second-order valence-corrected chi connectivity index (χ2v) is 4.29. The Balaban J connectivity index is 2.17. The molecule has 0 saturated carbocycles. The van der Waals surface area contributed by atoms with Gasteiger partial charge in [0.1, 0.15) is 11.8 Å². The molecule has 1 aromatic carbocycles. The number of pyridine rings is 1. The molecule has 18 heavy (non-hydrogen) atoms. The number of aryl methyl sites for hydroxylation is 2. The monoisotopic (exact) mass is 237 g/mol. The number of nitrogens with zero attached hydrogens (tertiary/aromatic N) is 2. The quantitative estimate of drug-likeness (QED) is 0.891. The number of rotatable bonds is 3. The van der Waals surface area contributed by atoms with Gasteiger partial charge in [-0.25, -0.2) is 4.98 Å². The summed E-state index contributed by atoms with van der Waals surface area (Å²) in [6, 6.07) is 12.2. The Labute approximate surface area is 107 Å². The van der Waals surface area contributed by atoms with Gasteiger partial charge in [-0.2, -0.15) is 5.26 Å². The van der Waals surface area contributed by atoms with Crippen molar-refractivity contribution in [2.45, 2.75) is 20.4 Å². The molecule has 0 spiro atoms. The molecule has 0 radical (unpaired) electrons. The Morgan fingerprint density at radius 3 is 2.89 bits per heavy atom. The third kappa shape index (κ3) is 2.67. The van der Waals surface area contributed by atoms with Crippen molar-refractivity contribution in [3.8, 4) is 6.07 Å². The maximum absolute atomic E-state index is 8.97. The van der Waals surface area contributed by atoms with Gasteiger partial charge in [0, 0.05) is 24.0 Å². The fraction of sp³-hybridized carbons (Fsp3) is 0.200. The van der Waals surface area contributed by atoms with Crippen LogP contribution in [0, 0.1) is 25.2 Å². The van der Waals surface area contributed by atoms with Crippen LogP contribution in [0.25, 0.3) is 0 Å². The molecule has 0 bridgehead atoms. The summed E-state index contributed by atoms with van der Waals surface area (Å²) in [6.45, 7) is 4.74. The summed E-state index contributed by atoms with van der Waals surface area (Å²) < 4.78 is 0. The molecule has 3 heteroatoms. The van der Waals surface area contributed by atoms with E-state index in [0.29, 0.717) is 12.2 Å². The predicted molar refractivity (Wildman–Crippen MR) is 72.2 cm³/mol. The number of benzene rings is 1. The van der Waals surface area contributed by atoms with E-state index in [-0.39, 0.29) is 0 Å². The number of hydrogen-bond acceptors (Lipinski definition) is 3. The molecule has 1 N–H and O–H groups in total. The SMILES string of the molecule is Cc1ccc(C)c(NCc2cccnc2C#N)c1. The van der Waals surface area contributed by atoms with Crippen molar-refractivity contribution in [3.63, 3.8) is 0 Å². The van der Waals surface area contributed by atoms with Gasteiger partial charge in [0.2, 0.25) is 0 Å². The number of anilines is 1. The first-order chi connectivity index (χ1) is 8.70. The lowest BCUT2D eigenvalue weighted by Crippen LogP contribution is -2.04. The highest BCUT2D eigenvalue weighted by Crippen LogP contribution is 2.17. The lowest BCUT2D eigenvalue weighted by Gasteiger charge is -2.11. The van der Waals surface area contributed by atoms with Crippen LogP contribution in [0.3, 0.4) is 0 Å².